The third kappa shape index (κ3) is 10.6. The number of hydrogen-bond acceptors (Lipinski definition) is 9. The number of carbonyl (C=O) groups excluding carboxylic acids is 6. The first-order valence-corrected chi connectivity index (χ1v) is 17.1. The molecule has 4 rings (SSSR count). The largest absolute Gasteiger partial charge is 0.391 e. The minimum atomic E-state index is -1.21. The van der Waals surface area contributed by atoms with Gasteiger partial charge in [0, 0.05) is 32.5 Å². The van der Waals surface area contributed by atoms with Crippen LogP contribution in [-0.2, 0) is 39.9 Å². The molecule has 2 heterocycles. The summed E-state index contributed by atoms with van der Waals surface area (Å²) in [5.74, 6) is -3.83. The van der Waals surface area contributed by atoms with Gasteiger partial charge in [-0.1, -0.05) is 75.4 Å². The highest BCUT2D eigenvalue weighted by Gasteiger charge is 2.45. The Morgan fingerprint density at radius 1 is 0.824 bits per heavy atom. The highest BCUT2D eigenvalue weighted by Crippen LogP contribution is 2.27. The summed E-state index contributed by atoms with van der Waals surface area (Å²) in [4.78, 5) is 81.6. The number of nitrogens with two attached hydrogens (primary N) is 1. The Bertz CT molecular complexity index is 1560. The summed E-state index contributed by atoms with van der Waals surface area (Å²) in [6.45, 7) is 5.83. The Morgan fingerprint density at radius 3 is 2.12 bits per heavy atom. The Morgan fingerprint density at radius 2 is 1.47 bits per heavy atom. The summed E-state index contributed by atoms with van der Waals surface area (Å²) < 4.78 is 5.40. The summed E-state index contributed by atoms with van der Waals surface area (Å²) in [7, 11) is 0. The smallest absolute Gasteiger partial charge is 0.246 e. The van der Waals surface area contributed by atoms with E-state index in [1.54, 1.807) is 20.8 Å². The van der Waals surface area contributed by atoms with E-state index in [-0.39, 0.29) is 39.1 Å². The number of ether oxygens (including phenoxy) is 1. The van der Waals surface area contributed by atoms with Gasteiger partial charge >= 0.3 is 0 Å². The molecule has 8 N–H and O–H groups in total. The van der Waals surface area contributed by atoms with Crippen LogP contribution >= 0.6 is 0 Å². The number of hydrogen-bond donors (Lipinski definition) is 7. The Kier molecular flexibility index (Phi) is 13.3. The van der Waals surface area contributed by atoms with Crippen LogP contribution in [0.4, 0.5) is 0 Å². The second-order valence-electron chi connectivity index (χ2n) is 14.0. The topological polar surface area (TPSA) is 221 Å². The van der Waals surface area contributed by atoms with Crippen LogP contribution < -0.4 is 32.3 Å². The summed E-state index contributed by atoms with van der Waals surface area (Å²) >= 11 is 0. The van der Waals surface area contributed by atoms with Crippen molar-refractivity contribution >= 4 is 35.4 Å². The molecule has 2 saturated heterocycles. The van der Waals surface area contributed by atoms with Crippen LogP contribution in [0.2, 0.25) is 0 Å². The van der Waals surface area contributed by atoms with E-state index in [9.17, 15) is 33.9 Å². The van der Waals surface area contributed by atoms with Crippen molar-refractivity contribution in [2.75, 3.05) is 32.8 Å². The summed E-state index contributed by atoms with van der Waals surface area (Å²) in [6, 6.07) is 11.5. The van der Waals surface area contributed by atoms with Gasteiger partial charge in [0.15, 0.2) is 0 Å². The van der Waals surface area contributed by atoms with Gasteiger partial charge in [0.1, 0.15) is 36.8 Å². The zero-order valence-electron chi connectivity index (χ0n) is 29.4. The lowest BCUT2D eigenvalue weighted by molar-refractivity contribution is -0.145. The second-order valence-corrected chi connectivity index (χ2v) is 14.0. The predicted molar refractivity (Wildman–Crippen MR) is 187 cm³/mol. The van der Waals surface area contributed by atoms with Gasteiger partial charge in [-0.2, -0.15) is 0 Å². The van der Waals surface area contributed by atoms with E-state index in [2.05, 4.69) is 26.6 Å². The molecular weight excluding hydrogens is 658 g/mol. The number of amides is 6. The lowest BCUT2D eigenvalue weighted by atomic mass is 9.85. The summed E-state index contributed by atoms with van der Waals surface area (Å²) in [5.41, 5.74) is 7.60. The molecule has 6 atom stereocenters. The molecule has 0 unspecified atom stereocenters. The number of benzene rings is 2. The molecule has 0 aliphatic carbocycles. The number of fused-ring (bicyclic) bond motifs is 1. The first-order chi connectivity index (χ1) is 24.2. The highest BCUT2D eigenvalue weighted by molar-refractivity contribution is 5.97. The molecule has 6 amide bonds. The van der Waals surface area contributed by atoms with Crippen molar-refractivity contribution in [1.29, 1.82) is 0 Å². The summed E-state index contributed by atoms with van der Waals surface area (Å²) in [6.07, 6.45) is -1.09. The van der Waals surface area contributed by atoms with Crippen molar-refractivity contribution in [2.24, 2.45) is 11.1 Å². The number of aliphatic hydroxyl groups is 1. The predicted octanol–water partition coefficient (Wildman–Crippen LogP) is -1.03. The quantitative estimate of drug-likeness (QED) is 0.206. The normalized spacial score (nSPS) is 26.5. The van der Waals surface area contributed by atoms with E-state index in [1.165, 1.54) is 11.8 Å². The first-order valence-electron chi connectivity index (χ1n) is 17.1. The van der Waals surface area contributed by atoms with Crippen molar-refractivity contribution in [3.05, 3.63) is 60.2 Å². The number of nitrogens with zero attached hydrogens (tertiary/aromatic N) is 1. The Hall–Kier alpha value is -4.86. The fourth-order valence-corrected chi connectivity index (χ4v) is 5.94. The first kappa shape index (κ1) is 38.9. The van der Waals surface area contributed by atoms with E-state index >= 15 is 0 Å². The van der Waals surface area contributed by atoms with Crippen molar-refractivity contribution in [2.45, 2.75) is 76.8 Å². The number of nitrogens with one attached hydrogen (secondary N) is 5. The molecule has 2 fully saturated rings. The van der Waals surface area contributed by atoms with E-state index < -0.39 is 83.8 Å². The molecule has 51 heavy (non-hydrogen) atoms. The molecule has 0 saturated carbocycles. The van der Waals surface area contributed by atoms with Crippen LogP contribution in [0, 0.1) is 5.41 Å². The van der Waals surface area contributed by atoms with E-state index in [1.807, 2.05) is 54.6 Å². The maximum absolute atomic E-state index is 14.0. The van der Waals surface area contributed by atoms with Gasteiger partial charge in [0.05, 0.1) is 12.7 Å². The average Bonchev–Trinajstić information content (AvgIpc) is 3.50. The van der Waals surface area contributed by atoms with Gasteiger partial charge in [0.25, 0.3) is 0 Å². The van der Waals surface area contributed by atoms with Crippen molar-refractivity contribution in [3.63, 3.8) is 0 Å². The van der Waals surface area contributed by atoms with Crippen LogP contribution in [0.5, 0.6) is 0 Å². The van der Waals surface area contributed by atoms with Crippen LogP contribution in [0.15, 0.2) is 54.6 Å². The van der Waals surface area contributed by atoms with Crippen molar-refractivity contribution in [3.8, 4) is 11.1 Å². The number of aliphatic hydroxyl groups excluding tert-OH is 1. The monoisotopic (exact) mass is 707 g/mol. The van der Waals surface area contributed by atoms with Crippen LogP contribution in [0.1, 0.15) is 39.7 Å². The molecule has 0 bridgehead atoms. The maximum Gasteiger partial charge on any atom is 0.246 e. The van der Waals surface area contributed by atoms with E-state index in [0.29, 0.717) is 5.56 Å². The molecule has 0 radical (unpaired) electrons. The molecule has 276 valence electrons. The van der Waals surface area contributed by atoms with E-state index in [0.717, 1.165) is 11.1 Å². The fraction of sp³-hybridized carbons (Fsp3) is 0.500. The van der Waals surface area contributed by atoms with E-state index in [4.69, 9.17) is 10.5 Å². The van der Waals surface area contributed by atoms with Gasteiger partial charge in [0.2, 0.25) is 35.4 Å². The zero-order valence-corrected chi connectivity index (χ0v) is 29.4. The Balaban J connectivity index is 1.65. The standard InChI is InChI=1S/C36H49N7O8/c1-21-31(46)41-27(18-37)32(47)38-14-15-51-20-29(45)42-30(36(2,3)4)35(50)43-19-25(44)17-28(43)34(49)40-26(33(48)39-21)16-22-10-12-24(13-11-22)23-8-6-5-7-9-23/h5-13,21,25-28,30,44H,14-20,37H2,1-4H3,(H,38,47)(H,39,48)(H,40,49)(H,41,46)(H,42,45)/t21-,25-,26-,27-,28+,30-/m1/s1. The van der Waals surface area contributed by atoms with Gasteiger partial charge in [-0.05, 0) is 29.0 Å². The molecule has 0 spiro atoms. The molecule has 15 nitrogen and oxygen atoms in total. The molecule has 2 aromatic carbocycles. The molecule has 2 aliphatic heterocycles. The van der Waals surface area contributed by atoms with Crippen molar-refractivity contribution < 1.29 is 38.6 Å². The van der Waals surface area contributed by atoms with Crippen LogP contribution in [0.25, 0.3) is 11.1 Å². The lowest BCUT2D eigenvalue weighted by Crippen LogP contribution is -2.60. The third-order valence-electron chi connectivity index (χ3n) is 8.82. The molecule has 2 aliphatic rings. The average molecular weight is 708 g/mol. The van der Waals surface area contributed by atoms with Gasteiger partial charge < -0.3 is 47.1 Å². The fourth-order valence-electron chi connectivity index (χ4n) is 5.94. The molecule has 15 heteroatoms. The Labute approximate surface area is 297 Å². The molecular formula is C36H49N7O8. The second kappa shape index (κ2) is 17.4. The lowest BCUT2D eigenvalue weighted by Gasteiger charge is -2.35. The van der Waals surface area contributed by atoms with Gasteiger partial charge in [-0.3, -0.25) is 28.8 Å². The maximum atomic E-state index is 14.0. The molecule has 0 aromatic heterocycles. The van der Waals surface area contributed by atoms with Crippen LogP contribution in [0.3, 0.4) is 0 Å². The van der Waals surface area contributed by atoms with Crippen molar-refractivity contribution in [1.82, 2.24) is 31.5 Å². The number of rotatable bonds is 4. The minimum absolute atomic E-state index is 0.00153. The highest BCUT2D eigenvalue weighted by atomic mass is 16.5. The molecule has 2 aromatic rings. The summed E-state index contributed by atoms with van der Waals surface area (Å²) in [5, 5.41) is 23.8. The zero-order chi connectivity index (χ0) is 37.3. The van der Waals surface area contributed by atoms with Gasteiger partial charge in [-0.15, -0.1) is 0 Å². The SMILES string of the molecule is C[C@H]1NC(=O)[C@@H](Cc2ccc(-c3ccccc3)cc2)NC(=O)[C@@H]2C[C@@H](O)CN2C(=O)[C@H](C(C)(C)C)NC(=O)COCCNC(=O)[C@@H](CN)NC1=O. The van der Waals surface area contributed by atoms with Crippen LogP contribution in [-0.4, -0.2) is 115 Å². The minimum Gasteiger partial charge on any atom is -0.391 e. The number of carbonyl (C=O) groups is 6. The third-order valence-corrected chi connectivity index (χ3v) is 8.82. The van der Waals surface area contributed by atoms with Gasteiger partial charge in [-0.25, -0.2) is 0 Å².